The molecule has 2 aromatic heterocycles. The molecule has 0 aliphatic rings. The van der Waals surface area contributed by atoms with Gasteiger partial charge in [0.15, 0.2) is 0 Å². The molecule has 0 atom stereocenters. The summed E-state index contributed by atoms with van der Waals surface area (Å²) in [7, 11) is 7.11. The van der Waals surface area contributed by atoms with Gasteiger partial charge in [-0.05, 0) is 26.2 Å². The lowest BCUT2D eigenvalue weighted by Gasteiger charge is -2.23. The number of nitrogen functional groups attached to an aromatic ring is 1. The Kier molecular flexibility index (Phi) is 7.12. The molecule has 4 N–H and O–H groups in total. The number of halogens is 4. The number of methoxy groups -OCH3 is 1. The van der Waals surface area contributed by atoms with Crippen LogP contribution in [0, 0.1) is 5.82 Å². The molecule has 0 aliphatic heterocycles. The summed E-state index contributed by atoms with van der Waals surface area (Å²) in [5.74, 6) is -0.395. The van der Waals surface area contributed by atoms with Crippen LogP contribution in [0.4, 0.5) is 40.6 Å². The largest absolute Gasteiger partial charge is 0.495 e. The molecule has 0 aliphatic carbocycles. The predicted molar refractivity (Wildman–Crippen MR) is 137 cm³/mol. The van der Waals surface area contributed by atoms with Gasteiger partial charge in [-0.25, -0.2) is 14.4 Å². The Hall–Kier alpha value is -4.06. The average molecular weight is 518 g/mol. The molecule has 196 valence electrons. The maximum atomic E-state index is 15.0. The fourth-order valence-electron chi connectivity index (χ4n) is 3.94. The molecule has 8 nitrogen and oxygen atoms in total. The molecule has 0 amide bonds. The zero-order valence-electron chi connectivity index (χ0n) is 20.7. The Bertz CT molecular complexity index is 1420. The number of aromatic amines is 1. The number of likely N-dealkylation sites (N-methyl/N-ethyl adjacent to an activating group) is 2. The van der Waals surface area contributed by atoms with Crippen LogP contribution in [0.3, 0.4) is 0 Å². The Morgan fingerprint density at radius 3 is 2.57 bits per heavy atom. The molecule has 37 heavy (non-hydrogen) atoms. The first kappa shape index (κ1) is 26.0. The SMILES string of the molecule is COc1cccc2c(-c3nc(Nc4cc(N)c(N(C)CCN(C)C)cc4F)ncc3C(F)(F)F)c[nH]c12. The summed E-state index contributed by atoms with van der Waals surface area (Å²) < 4.78 is 61.9. The van der Waals surface area contributed by atoms with Gasteiger partial charge >= 0.3 is 6.18 Å². The maximum absolute atomic E-state index is 15.0. The van der Waals surface area contributed by atoms with Crippen molar-refractivity contribution in [3.63, 3.8) is 0 Å². The molecule has 4 rings (SSSR count). The van der Waals surface area contributed by atoms with Gasteiger partial charge in [0.2, 0.25) is 5.95 Å². The van der Waals surface area contributed by atoms with Crippen molar-refractivity contribution >= 4 is 33.9 Å². The van der Waals surface area contributed by atoms with Crippen LogP contribution in [0.25, 0.3) is 22.2 Å². The summed E-state index contributed by atoms with van der Waals surface area (Å²) in [5.41, 5.74) is 6.21. The van der Waals surface area contributed by atoms with Gasteiger partial charge in [-0.3, -0.25) is 0 Å². The van der Waals surface area contributed by atoms with Crippen molar-refractivity contribution in [2.24, 2.45) is 0 Å². The number of ether oxygens (including phenoxy) is 1. The van der Waals surface area contributed by atoms with Crippen molar-refractivity contribution in [1.82, 2.24) is 19.9 Å². The van der Waals surface area contributed by atoms with Crippen molar-refractivity contribution in [3.8, 4) is 17.0 Å². The third-order valence-electron chi connectivity index (χ3n) is 5.90. The highest BCUT2D eigenvalue weighted by Crippen LogP contribution is 2.40. The number of para-hydroxylation sites is 1. The lowest BCUT2D eigenvalue weighted by atomic mass is 10.1. The normalized spacial score (nSPS) is 11.8. The van der Waals surface area contributed by atoms with Gasteiger partial charge in [0.25, 0.3) is 0 Å². The van der Waals surface area contributed by atoms with E-state index in [1.165, 1.54) is 25.4 Å². The molecule has 4 aromatic rings. The van der Waals surface area contributed by atoms with E-state index in [2.05, 4.69) is 20.3 Å². The molecule has 0 unspecified atom stereocenters. The lowest BCUT2D eigenvalue weighted by Crippen LogP contribution is -2.29. The second-order valence-electron chi connectivity index (χ2n) is 8.78. The van der Waals surface area contributed by atoms with Gasteiger partial charge in [0.1, 0.15) is 17.1 Å². The van der Waals surface area contributed by atoms with Gasteiger partial charge in [-0.2, -0.15) is 13.2 Å². The highest BCUT2D eigenvalue weighted by Gasteiger charge is 2.36. The molecule has 0 saturated heterocycles. The summed E-state index contributed by atoms with van der Waals surface area (Å²) in [6.45, 7) is 1.35. The first-order valence-electron chi connectivity index (χ1n) is 11.3. The van der Waals surface area contributed by atoms with E-state index in [1.54, 1.807) is 25.2 Å². The highest BCUT2D eigenvalue weighted by atomic mass is 19.4. The first-order valence-corrected chi connectivity index (χ1v) is 11.3. The Morgan fingerprint density at radius 1 is 1.14 bits per heavy atom. The minimum Gasteiger partial charge on any atom is -0.495 e. The molecule has 0 fully saturated rings. The third-order valence-corrected chi connectivity index (χ3v) is 5.90. The van der Waals surface area contributed by atoms with E-state index in [9.17, 15) is 17.6 Å². The number of alkyl halides is 3. The summed E-state index contributed by atoms with van der Waals surface area (Å²) in [6.07, 6.45) is -2.62. The molecular formula is C25H27F4N7O. The maximum Gasteiger partial charge on any atom is 0.419 e. The summed E-state index contributed by atoms with van der Waals surface area (Å²) in [5, 5.41) is 3.16. The molecule has 0 bridgehead atoms. The molecule has 2 heterocycles. The number of fused-ring (bicyclic) bond motifs is 1. The van der Waals surface area contributed by atoms with Crippen molar-refractivity contribution in [2.45, 2.75) is 6.18 Å². The molecule has 0 spiro atoms. The molecular weight excluding hydrogens is 490 g/mol. The lowest BCUT2D eigenvalue weighted by molar-refractivity contribution is -0.137. The van der Waals surface area contributed by atoms with Gasteiger partial charge < -0.3 is 30.6 Å². The standard InChI is InChI=1S/C25H27F4N7O/c1-35(2)8-9-36(3)20-10-17(26)19(11-18(20)30)33-24-32-13-16(25(27,28)29)22(34-24)15-12-31-23-14(15)6-5-7-21(23)37-4/h5-7,10-13,31H,8-9,30H2,1-4H3,(H,32,33,34). The number of rotatable bonds is 8. The van der Waals surface area contributed by atoms with E-state index in [0.717, 1.165) is 6.54 Å². The number of nitrogens with two attached hydrogens (primary N) is 1. The zero-order valence-corrected chi connectivity index (χ0v) is 20.7. The quantitative estimate of drug-likeness (QED) is 0.221. The van der Waals surface area contributed by atoms with E-state index in [1.807, 2.05) is 23.9 Å². The van der Waals surface area contributed by atoms with Crippen LogP contribution in [0.1, 0.15) is 5.56 Å². The summed E-state index contributed by atoms with van der Waals surface area (Å²) >= 11 is 0. The predicted octanol–water partition coefficient (Wildman–Crippen LogP) is 5.12. The Morgan fingerprint density at radius 2 is 1.89 bits per heavy atom. The Labute approximate surface area is 211 Å². The van der Waals surface area contributed by atoms with Gasteiger partial charge in [-0.1, -0.05) is 12.1 Å². The number of nitrogens with zero attached hydrogens (tertiary/aromatic N) is 4. The smallest absolute Gasteiger partial charge is 0.419 e. The minimum absolute atomic E-state index is 0.0615. The van der Waals surface area contributed by atoms with Crippen molar-refractivity contribution in [2.75, 3.05) is 57.3 Å². The monoisotopic (exact) mass is 517 g/mol. The van der Waals surface area contributed by atoms with Crippen molar-refractivity contribution in [3.05, 3.63) is 54.1 Å². The highest BCUT2D eigenvalue weighted by molar-refractivity contribution is 5.98. The van der Waals surface area contributed by atoms with Crippen LogP contribution in [0.2, 0.25) is 0 Å². The zero-order chi connectivity index (χ0) is 26.9. The van der Waals surface area contributed by atoms with Crippen LogP contribution in [-0.4, -0.2) is 61.2 Å². The number of nitrogens with one attached hydrogen (secondary N) is 2. The minimum atomic E-state index is -4.72. The second-order valence-corrected chi connectivity index (χ2v) is 8.78. The van der Waals surface area contributed by atoms with Crippen LogP contribution in [0.5, 0.6) is 5.75 Å². The summed E-state index contributed by atoms with van der Waals surface area (Å²) in [4.78, 5) is 14.7. The molecule has 12 heteroatoms. The van der Waals surface area contributed by atoms with Gasteiger partial charge in [0, 0.05) is 49.5 Å². The van der Waals surface area contributed by atoms with Gasteiger partial charge in [0.05, 0.1) is 35.4 Å². The third kappa shape index (κ3) is 5.38. The van der Waals surface area contributed by atoms with E-state index in [-0.39, 0.29) is 22.9 Å². The number of benzene rings is 2. The Balaban J connectivity index is 1.73. The fourth-order valence-corrected chi connectivity index (χ4v) is 3.94. The molecule has 0 saturated carbocycles. The number of anilines is 4. The van der Waals surface area contributed by atoms with Crippen LogP contribution < -0.4 is 20.7 Å². The first-order chi connectivity index (χ1) is 17.5. The fraction of sp³-hybridized carbons (Fsp3) is 0.280. The molecule has 0 radical (unpaired) electrons. The van der Waals surface area contributed by atoms with Gasteiger partial charge in [-0.15, -0.1) is 0 Å². The van der Waals surface area contributed by atoms with Crippen LogP contribution in [0.15, 0.2) is 42.7 Å². The number of hydrogen-bond donors (Lipinski definition) is 3. The second kappa shape index (κ2) is 10.1. The number of aromatic nitrogens is 3. The van der Waals surface area contributed by atoms with Crippen molar-refractivity contribution in [1.29, 1.82) is 0 Å². The average Bonchev–Trinajstić information content (AvgIpc) is 3.28. The topological polar surface area (TPSA) is 95.3 Å². The van der Waals surface area contributed by atoms with E-state index < -0.39 is 17.6 Å². The van der Waals surface area contributed by atoms with E-state index in [0.29, 0.717) is 40.8 Å². The van der Waals surface area contributed by atoms with E-state index >= 15 is 0 Å². The van der Waals surface area contributed by atoms with E-state index in [4.69, 9.17) is 10.5 Å². The van der Waals surface area contributed by atoms with Crippen LogP contribution in [-0.2, 0) is 6.18 Å². The molecule has 2 aromatic carbocycles. The van der Waals surface area contributed by atoms with Crippen LogP contribution >= 0.6 is 0 Å². The summed E-state index contributed by atoms with van der Waals surface area (Å²) in [6, 6.07) is 7.65. The number of H-pyrrole nitrogens is 1. The van der Waals surface area contributed by atoms with Crippen molar-refractivity contribution < 1.29 is 22.3 Å². The number of hydrogen-bond acceptors (Lipinski definition) is 7.